The average Bonchev–Trinajstić information content (AvgIpc) is 3.70. The summed E-state index contributed by atoms with van der Waals surface area (Å²) in [6, 6.07) is 60.1. The van der Waals surface area contributed by atoms with Crippen LogP contribution in [0.5, 0.6) is 5.75 Å². The van der Waals surface area contributed by atoms with E-state index in [1.54, 1.807) is 0 Å². The van der Waals surface area contributed by atoms with Crippen molar-refractivity contribution in [3.8, 4) is 78.6 Å². The number of para-hydroxylation sites is 1. The number of imidazole rings is 1. The summed E-state index contributed by atoms with van der Waals surface area (Å²) in [5.74, 6) is 0.949. The summed E-state index contributed by atoms with van der Waals surface area (Å²) in [6.45, 7) is 26.8. The zero-order chi connectivity index (χ0) is 48.3. The summed E-state index contributed by atoms with van der Waals surface area (Å²) in [5.41, 5.74) is 17.6. The third kappa shape index (κ3) is 9.93. The molecule has 69 heavy (non-hydrogen) atoms. The molecule has 0 spiro atoms. The van der Waals surface area contributed by atoms with Crippen molar-refractivity contribution >= 4 is 11.0 Å². The molecule has 0 unspecified atom stereocenters. The molecule has 9 aromatic rings. The first-order valence-corrected chi connectivity index (χ1v) is 24.0. The first kappa shape index (κ1) is 49.1. The van der Waals surface area contributed by atoms with Gasteiger partial charge in [0, 0.05) is 38.5 Å². The summed E-state index contributed by atoms with van der Waals surface area (Å²) in [6.07, 6.45) is 1.90. The van der Waals surface area contributed by atoms with Crippen molar-refractivity contribution in [2.75, 3.05) is 0 Å². The molecule has 5 heteroatoms. The number of phenols is 1. The van der Waals surface area contributed by atoms with E-state index >= 15 is 0 Å². The van der Waals surface area contributed by atoms with E-state index in [1.165, 1.54) is 27.8 Å². The van der Waals surface area contributed by atoms with Gasteiger partial charge in [0.15, 0.2) is 0 Å². The fraction of sp³-hybridized carbons (Fsp3) is 0.250. The summed E-state index contributed by atoms with van der Waals surface area (Å²) < 4.78 is 2.30. The van der Waals surface area contributed by atoms with E-state index in [1.807, 2.05) is 12.3 Å². The second-order valence-corrected chi connectivity index (χ2v) is 22.5. The van der Waals surface area contributed by atoms with Gasteiger partial charge in [-0.3, -0.25) is 9.55 Å². The van der Waals surface area contributed by atoms with Crippen LogP contribution in [0.15, 0.2) is 164 Å². The summed E-state index contributed by atoms with van der Waals surface area (Å²) >= 11 is 0. The van der Waals surface area contributed by atoms with Gasteiger partial charge in [-0.05, 0) is 96.5 Å². The van der Waals surface area contributed by atoms with Crippen LogP contribution in [0.3, 0.4) is 0 Å². The fourth-order valence-corrected chi connectivity index (χ4v) is 9.22. The van der Waals surface area contributed by atoms with Crippen LogP contribution in [0.2, 0.25) is 0 Å². The number of hydrogen-bond donors (Lipinski definition) is 1. The molecule has 0 fully saturated rings. The molecule has 4 nitrogen and oxygen atoms in total. The van der Waals surface area contributed by atoms with Crippen molar-refractivity contribution in [2.24, 2.45) is 0 Å². The number of phenolic OH excluding ortho intramolecular Hbond substituents is 1. The Labute approximate surface area is 424 Å². The number of aromatic nitrogens is 3. The van der Waals surface area contributed by atoms with Gasteiger partial charge in [-0.25, -0.2) is 4.98 Å². The monoisotopic (exact) mass is 1090 g/mol. The van der Waals surface area contributed by atoms with Gasteiger partial charge in [0.05, 0.1) is 22.3 Å². The van der Waals surface area contributed by atoms with Crippen LogP contribution in [0.4, 0.5) is 0 Å². The number of nitrogens with zero attached hydrogens (tertiary/aromatic N) is 3. The van der Waals surface area contributed by atoms with Gasteiger partial charge in [0.25, 0.3) is 0 Å². The smallest absolute Gasteiger partial charge is 0.148 e. The number of pyridine rings is 1. The first-order chi connectivity index (χ1) is 32.1. The molecule has 0 saturated carbocycles. The Hall–Kier alpha value is -6.35. The number of rotatable bonds is 7. The third-order valence-corrected chi connectivity index (χ3v) is 13.2. The van der Waals surface area contributed by atoms with Gasteiger partial charge in [-0.1, -0.05) is 209 Å². The molecule has 0 aliphatic heterocycles. The van der Waals surface area contributed by atoms with Crippen molar-refractivity contribution in [3.63, 3.8) is 0 Å². The first-order valence-electron chi connectivity index (χ1n) is 24.0. The Bertz CT molecular complexity index is 3300. The van der Waals surface area contributed by atoms with Gasteiger partial charge in [-0.15, -0.1) is 29.3 Å². The van der Waals surface area contributed by atoms with E-state index in [9.17, 15) is 5.11 Å². The van der Waals surface area contributed by atoms with E-state index in [2.05, 4.69) is 245 Å². The Morgan fingerprint density at radius 2 is 0.971 bits per heavy atom. The Balaban J connectivity index is 0.00000642. The van der Waals surface area contributed by atoms with E-state index in [-0.39, 0.29) is 48.5 Å². The molecule has 7 aromatic carbocycles. The van der Waals surface area contributed by atoms with E-state index in [0.29, 0.717) is 11.4 Å². The molecular formula is C64H64N3OPt-. The van der Waals surface area contributed by atoms with Crippen LogP contribution in [-0.2, 0) is 42.7 Å². The van der Waals surface area contributed by atoms with Crippen LogP contribution in [-0.4, -0.2) is 19.6 Å². The Morgan fingerprint density at radius 3 is 1.57 bits per heavy atom. The van der Waals surface area contributed by atoms with Crippen LogP contribution in [0.25, 0.3) is 83.9 Å². The fourth-order valence-electron chi connectivity index (χ4n) is 9.22. The van der Waals surface area contributed by atoms with Crippen molar-refractivity contribution in [3.05, 3.63) is 192 Å². The van der Waals surface area contributed by atoms with Gasteiger partial charge in [0.2, 0.25) is 0 Å². The quantitative estimate of drug-likeness (QED) is 0.162. The van der Waals surface area contributed by atoms with E-state index in [4.69, 9.17) is 9.97 Å². The Morgan fingerprint density at radius 1 is 0.449 bits per heavy atom. The molecule has 0 amide bonds. The maximum atomic E-state index is 12.6. The van der Waals surface area contributed by atoms with Crippen molar-refractivity contribution in [2.45, 2.75) is 105 Å². The van der Waals surface area contributed by atoms with Crippen LogP contribution in [0.1, 0.15) is 105 Å². The molecule has 0 radical (unpaired) electrons. The molecule has 0 saturated heterocycles. The minimum Gasteiger partial charge on any atom is -0.507 e. The zero-order valence-electron chi connectivity index (χ0n) is 42.2. The molecule has 0 bridgehead atoms. The summed E-state index contributed by atoms with van der Waals surface area (Å²) in [7, 11) is 0. The summed E-state index contributed by atoms with van der Waals surface area (Å²) in [5, 5.41) is 12.6. The topological polar surface area (TPSA) is 50.9 Å². The number of aromatic hydroxyl groups is 1. The van der Waals surface area contributed by atoms with Gasteiger partial charge >= 0.3 is 0 Å². The molecule has 1 N–H and O–H groups in total. The second kappa shape index (κ2) is 18.5. The van der Waals surface area contributed by atoms with Crippen LogP contribution >= 0.6 is 0 Å². The van der Waals surface area contributed by atoms with Gasteiger partial charge in [0.1, 0.15) is 11.6 Å². The predicted molar refractivity (Wildman–Crippen MR) is 287 cm³/mol. The summed E-state index contributed by atoms with van der Waals surface area (Å²) in [4.78, 5) is 10.7. The van der Waals surface area contributed by atoms with Gasteiger partial charge < -0.3 is 5.11 Å². The minimum atomic E-state index is -0.328. The maximum absolute atomic E-state index is 12.6. The SMILES string of the molecule is CC(C)(C)c1cc(-c2cc(-c3ccc(-c4ccccc4)cc3)ccn2)[c-]c(-c2cccc3c2nc(-c2cc(C(C)(C)C)cc(C(C)(C)C)c2O)n3-c2ccc(-c3ccccc3)cc2C(C)(C)C)c1.[Pt]. The number of hydrogen-bond acceptors (Lipinski definition) is 3. The number of benzene rings is 7. The van der Waals surface area contributed by atoms with Crippen molar-refractivity contribution < 1.29 is 26.2 Å². The largest absolute Gasteiger partial charge is 0.507 e. The Kier molecular flexibility index (Phi) is 13.2. The van der Waals surface area contributed by atoms with Gasteiger partial charge in [-0.2, -0.15) is 0 Å². The van der Waals surface area contributed by atoms with Crippen LogP contribution < -0.4 is 0 Å². The molecule has 2 heterocycles. The van der Waals surface area contributed by atoms with E-state index < -0.39 is 0 Å². The second-order valence-electron chi connectivity index (χ2n) is 22.5. The minimum absolute atomic E-state index is 0. The molecule has 352 valence electrons. The molecule has 0 aliphatic carbocycles. The standard InChI is InChI=1S/C64H64N3O.Pt/c1-61(2,3)49-35-47(34-48(36-49)55-38-46(32-33-65-55)44-28-26-43(27-29-44)41-20-15-13-16-21-41)51-24-19-25-57-58(51)66-60(52-39-50(62(4,5)6)40-54(59(52)68)64(10,11)12)67(57)56-31-30-45(37-53(56)63(7,8)9)42-22-17-14-18-23-42;/h13-33,35-40,68H,1-12H3;/q-1;. The molecule has 2 aromatic heterocycles. The third-order valence-electron chi connectivity index (χ3n) is 13.2. The average molecular weight is 1090 g/mol. The maximum Gasteiger partial charge on any atom is 0.148 e. The zero-order valence-corrected chi connectivity index (χ0v) is 44.5. The van der Waals surface area contributed by atoms with Crippen molar-refractivity contribution in [1.82, 2.24) is 14.5 Å². The molecule has 9 rings (SSSR count). The van der Waals surface area contributed by atoms with Crippen LogP contribution in [0, 0.1) is 6.07 Å². The normalized spacial score (nSPS) is 12.3. The molecular weight excluding hydrogens is 1020 g/mol. The molecule has 0 aliphatic rings. The molecule has 0 atom stereocenters. The number of fused-ring (bicyclic) bond motifs is 1. The van der Waals surface area contributed by atoms with Crippen molar-refractivity contribution in [1.29, 1.82) is 0 Å². The van der Waals surface area contributed by atoms with E-state index in [0.717, 1.165) is 66.9 Å². The predicted octanol–water partition coefficient (Wildman–Crippen LogP) is 17.1.